The molecule has 7 heteroatoms. The minimum absolute atomic E-state index is 0.105. The molecule has 24 heavy (non-hydrogen) atoms. The van der Waals surface area contributed by atoms with Crippen LogP contribution >= 0.6 is 11.8 Å². The molecule has 2 aromatic heterocycles. The average molecular weight is 342 g/mol. The Balaban J connectivity index is 1.69. The fraction of sp³-hybridized carbons (Fsp3) is 0.235. The van der Waals surface area contributed by atoms with Gasteiger partial charge in [0.15, 0.2) is 0 Å². The van der Waals surface area contributed by atoms with Crippen LogP contribution in [0.15, 0.2) is 46.2 Å². The van der Waals surface area contributed by atoms with Crippen LogP contribution in [0.2, 0.25) is 0 Å². The quantitative estimate of drug-likeness (QED) is 0.672. The van der Waals surface area contributed by atoms with Crippen molar-refractivity contribution in [3.05, 3.63) is 65.1 Å². The van der Waals surface area contributed by atoms with Crippen molar-refractivity contribution in [3.63, 3.8) is 0 Å². The van der Waals surface area contributed by atoms with E-state index in [4.69, 9.17) is 4.52 Å². The molecular formula is C17H18N4O2S. The number of amides is 1. The fourth-order valence-electron chi connectivity index (χ4n) is 2.29. The van der Waals surface area contributed by atoms with Crippen LogP contribution in [0.4, 0.5) is 0 Å². The van der Waals surface area contributed by atoms with Crippen molar-refractivity contribution in [1.82, 2.24) is 20.4 Å². The van der Waals surface area contributed by atoms with E-state index in [9.17, 15) is 4.79 Å². The molecule has 0 fully saturated rings. The van der Waals surface area contributed by atoms with E-state index >= 15 is 0 Å². The smallest absolute Gasteiger partial charge is 0.252 e. The molecule has 3 rings (SSSR count). The normalized spacial score (nSPS) is 10.8. The van der Waals surface area contributed by atoms with Crippen molar-refractivity contribution in [3.8, 4) is 0 Å². The molecule has 0 radical (unpaired) electrons. The van der Waals surface area contributed by atoms with E-state index in [1.165, 1.54) is 0 Å². The highest BCUT2D eigenvalue weighted by atomic mass is 32.2. The minimum atomic E-state index is -0.105. The standard InChI is InChI=1S/C17H18N4O2S/c1-11-15(12(2)23-21-11)9-24-16-6-4-3-5-14(16)17(22)19-8-13-7-18-10-20-13/h3-7,10H,8-9H2,1-2H3,(H,18,20)(H,19,22). The molecule has 0 saturated heterocycles. The summed E-state index contributed by atoms with van der Waals surface area (Å²) in [4.78, 5) is 20.3. The van der Waals surface area contributed by atoms with Crippen LogP contribution in [0.3, 0.4) is 0 Å². The summed E-state index contributed by atoms with van der Waals surface area (Å²) in [6, 6.07) is 7.58. The molecule has 0 spiro atoms. The van der Waals surface area contributed by atoms with Gasteiger partial charge in [0, 0.05) is 22.4 Å². The number of rotatable bonds is 6. The highest BCUT2D eigenvalue weighted by molar-refractivity contribution is 7.98. The summed E-state index contributed by atoms with van der Waals surface area (Å²) >= 11 is 1.60. The van der Waals surface area contributed by atoms with Crippen molar-refractivity contribution < 1.29 is 9.32 Å². The molecule has 0 aliphatic rings. The van der Waals surface area contributed by atoms with Crippen LogP contribution in [-0.4, -0.2) is 21.0 Å². The van der Waals surface area contributed by atoms with Crippen LogP contribution in [0.5, 0.6) is 0 Å². The lowest BCUT2D eigenvalue weighted by atomic mass is 10.2. The Morgan fingerprint density at radius 3 is 2.88 bits per heavy atom. The van der Waals surface area contributed by atoms with Gasteiger partial charge in [-0.2, -0.15) is 0 Å². The predicted molar refractivity (Wildman–Crippen MR) is 91.7 cm³/mol. The summed E-state index contributed by atoms with van der Waals surface area (Å²) in [5.41, 5.74) is 3.49. The van der Waals surface area contributed by atoms with E-state index in [1.54, 1.807) is 24.3 Å². The average Bonchev–Trinajstić information content (AvgIpc) is 3.22. The fourth-order valence-corrected chi connectivity index (χ4v) is 3.49. The maximum absolute atomic E-state index is 12.5. The Labute approximate surface area is 144 Å². The summed E-state index contributed by atoms with van der Waals surface area (Å²) in [7, 11) is 0. The van der Waals surface area contributed by atoms with Gasteiger partial charge in [-0.05, 0) is 26.0 Å². The van der Waals surface area contributed by atoms with Crippen LogP contribution in [0.1, 0.15) is 33.1 Å². The SMILES string of the molecule is Cc1noc(C)c1CSc1ccccc1C(=O)NCc1cnc[nH]1. The molecular weight excluding hydrogens is 324 g/mol. The molecule has 0 unspecified atom stereocenters. The van der Waals surface area contributed by atoms with Crippen molar-refractivity contribution in [1.29, 1.82) is 0 Å². The lowest BCUT2D eigenvalue weighted by Gasteiger charge is -2.09. The monoisotopic (exact) mass is 342 g/mol. The number of nitrogens with zero attached hydrogens (tertiary/aromatic N) is 2. The van der Waals surface area contributed by atoms with Gasteiger partial charge in [0.25, 0.3) is 5.91 Å². The van der Waals surface area contributed by atoms with Crippen LogP contribution < -0.4 is 5.32 Å². The van der Waals surface area contributed by atoms with E-state index in [2.05, 4.69) is 20.4 Å². The molecule has 124 valence electrons. The number of aryl methyl sites for hydroxylation is 2. The number of aromatic amines is 1. The van der Waals surface area contributed by atoms with E-state index in [0.29, 0.717) is 17.9 Å². The van der Waals surface area contributed by atoms with Gasteiger partial charge in [0.2, 0.25) is 0 Å². The number of thioether (sulfide) groups is 1. The maximum atomic E-state index is 12.5. The largest absolute Gasteiger partial charge is 0.361 e. The first-order valence-corrected chi connectivity index (χ1v) is 8.52. The molecule has 2 heterocycles. The number of carbonyl (C=O) groups excluding carboxylic acids is 1. The van der Waals surface area contributed by atoms with Crippen molar-refractivity contribution in [2.75, 3.05) is 0 Å². The molecule has 0 aliphatic heterocycles. The highest BCUT2D eigenvalue weighted by Gasteiger charge is 2.14. The summed E-state index contributed by atoms with van der Waals surface area (Å²) in [6.07, 6.45) is 3.29. The lowest BCUT2D eigenvalue weighted by molar-refractivity contribution is 0.0947. The van der Waals surface area contributed by atoms with Gasteiger partial charge >= 0.3 is 0 Å². The minimum Gasteiger partial charge on any atom is -0.361 e. The Morgan fingerprint density at radius 1 is 1.33 bits per heavy atom. The Kier molecular flexibility index (Phi) is 5.00. The number of carbonyl (C=O) groups is 1. The van der Waals surface area contributed by atoms with Gasteiger partial charge in [0.1, 0.15) is 5.76 Å². The van der Waals surface area contributed by atoms with Crippen LogP contribution in [-0.2, 0) is 12.3 Å². The molecule has 6 nitrogen and oxygen atoms in total. The van der Waals surface area contributed by atoms with Gasteiger partial charge in [-0.15, -0.1) is 11.8 Å². The number of hydrogen-bond donors (Lipinski definition) is 2. The third-order valence-electron chi connectivity index (χ3n) is 3.68. The first-order chi connectivity index (χ1) is 11.6. The van der Waals surface area contributed by atoms with Gasteiger partial charge < -0.3 is 14.8 Å². The zero-order valence-corrected chi connectivity index (χ0v) is 14.3. The molecule has 0 atom stereocenters. The van der Waals surface area contributed by atoms with E-state index in [1.807, 2.05) is 38.1 Å². The van der Waals surface area contributed by atoms with Gasteiger partial charge in [-0.25, -0.2) is 4.98 Å². The van der Waals surface area contributed by atoms with Crippen molar-refractivity contribution >= 4 is 17.7 Å². The zero-order chi connectivity index (χ0) is 16.9. The summed E-state index contributed by atoms with van der Waals surface area (Å²) in [5.74, 6) is 1.43. The first-order valence-electron chi connectivity index (χ1n) is 7.54. The summed E-state index contributed by atoms with van der Waals surface area (Å²) in [5, 5.41) is 6.87. The molecule has 1 amide bonds. The number of H-pyrrole nitrogens is 1. The Morgan fingerprint density at radius 2 is 2.17 bits per heavy atom. The van der Waals surface area contributed by atoms with Gasteiger partial charge in [-0.3, -0.25) is 4.79 Å². The third kappa shape index (κ3) is 3.68. The molecule has 0 aliphatic carbocycles. The van der Waals surface area contributed by atoms with Gasteiger partial charge in [-0.1, -0.05) is 17.3 Å². The Hall–Kier alpha value is -2.54. The lowest BCUT2D eigenvalue weighted by Crippen LogP contribution is -2.23. The molecule has 3 aromatic rings. The number of nitrogens with one attached hydrogen (secondary N) is 2. The molecule has 1 aromatic carbocycles. The van der Waals surface area contributed by atoms with E-state index in [-0.39, 0.29) is 5.91 Å². The number of benzene rings is 1. The second kappa shape index (κ2) is 7.35. The van der Waals surface area contributed by atoms with Gasteiger partial charge in [0.05, 0.1) is 29.8 Å². The van der Waals surface area contributed by atoms with Crippen LogP contribution in [0.25, 0.3) is 0 Å². The van der Waals surface area contributed by atoms with E-state index < -0.39 is 0 Å². The number of imidazole rings is 1. The zero-order valence-electron chi connectivity index (χ0n) is 13.5. The first kappa shape index (κ1) is 16.3. The van der Waals surface area contributed by atoms with E-state index in [0.717, 1.165) is 27.6 Å². The summed E-state index contributed by atoms with van der Waals surface area (Å²) in [6.45, 7) is 4.25. The van der Waals surface area contributed by atoms with Crippen LogP contribution in [0, 0.1) is 13.8 Å². The number of aromatic nitrogens is 3. The third-order valence-corrected chi connectivity index (χ3v) is 4.78. The van der Waals surface area contributed by atoms with Crippen molar-refractivity contribution in [2.24, 2.45) is 0 Å². The van der Waals surface area contributed by atoms with Crippen molar-refractivity contribution in [2.45, 2.75) is 31.0 Å². The topological polar surface area (TPSA) is 83.8 Å². The number of hydrogen-bond acceptors (Lipinski definition) is 5. The predicted octanol–water partition coefficient (Wildman–Crippen LogP) is 3.24. The Bertz CT molecular complexity index is 807. The highest BCUT2D eigenvalue weighted by Crippen LogP contribution is 2.28. The second-order valence-electron chi connectivity index (χ2n) is 5.35. The molecule has 0 bridgehead atoms. The summed E-state index contributed by atoms with van der Waals surface area (Å²) < 4.78 is 5.19. The molecule has 0 saturated carbocycles. The maximum Gasteiger partial charge on any atom is 0.252 e. The second-order valence-corrected chi connectivity index (χ2v) is 6.36. The molecule has 2 N–H and O–H groups in total.